The smallest absolute Gasteiger partial charge is 0.0759 e. The van der Waals surface area contributed by atoms with Crippen molar-refractivity contribution in [1.82, 2.24) is 5.43 Å². The third kappa shape index (κ3) is 1.60. The number of hydrogen-bond acceptors (Lipinski definition) is 3. The molecule has 1 aliphatic heterocycles. The van der Waals surface area contributed by atoms with Crippen molar-refractivity contribution in [3.8, 4) is 0 Å². The lowest BCUT2D eigenvalue weighted by Gasteiger charge is -2.12. The number of halogens is 1. The Kier molecular flexibility index (Phi) is 2.10. The molecule has 1 unspecified atom stereocenters. The predicted octanol–water partition coefficient (Wildman–Crippen LogP) is 1.94. The average molecular weight is 196 g/mol. The summed E-state index contributed by atoms with van der Waals surface area (Å²) in [5, 5.41) is 4.64. The van der Waals surface area contributed by atoms with Gasteiger partial charge < -0.3 is 11.2 Å². The van der Waals surface area contributed by atoms with Gasteiger partial charge in [-0.2, -0.15) is 5.10 Å². The summed E-state index contributed by atoms with van der Waals surface area (Å²) >= 11 is 5.87. The summed E-state index contributed by atoms with van der Waals surface area (Å²) in [6.45, 7) is 0. The topological polar surface area (TPSA) is 50.4 Å². The van der Waals surface area contributed by atoms with Crippen molar-refractivity contribution in [2.45, 2.75) is 12.5 Å². The van der Waals surface area contributed by atoms with Crippen molar-refractivity contribution in [3.63, 3.8) is 0 Å². The van der Waals surface area contributed by atoms with E-state index in [0.717, 1.165) is 17.7 Å². The van der Waals surface area contributed by atoms with Gasteiger partial charge in [0.2, 0.25) is 0 Å². The molecule has 4 heteroatoms. The monoisotopic (exact) mass is 195 g/mol. The molecule has 3 nitrogen and oxygen atoms in total. The van der Waals surface area contributed by atoms with Crippen molar-refractivity contribution in [1.29, 1.82) is 0 Å². The molecule has 0 saturated carbocycles. The molecule has 1 aromatic rings. The Hall–Kier alpha value is -1.22. The van der Waals surface area contributed by atoms with E-state index in [1.165, 1.54) is 0 Å². The van der Waals surface area contributed by atoms with E-state index in [1.54, 1.807) is 6.07 Å². The Balaban J connectivity index is 2.33. The lowest BCUT2D eigenvalue weighted by molar-refractivity contribution is 0.622. The van der Waals surface area contributed by atoms with Crippen molar-refractivity contribution >= 4 is 23.5 Å². The largest absolute Gasteiger partial charge is 0.398 e. The van der Waals surface area contributed by atoms with E-state index in [-0.39, 0.29) is 6.04 Å². The number of nitrogen functional groups attached to an aromatic ring is 1. The van der Waals surface area contributed by atoms with Crippen LogP contribution in [0, 0.1) is 0 Å². The Bertz CT molecular complexity index is 341. The molecular weight excluding hydrogens is 186 g/mol. The van der Waals surface area contributed by atoms with Gasteiger partial charge in [-0.05, 0) is 18.2 Å². The van der Waals surface area contributed by atoms with E-state index in [4.69, 9.17) is 17.3 Å². The molecule has 1 aliphatic rings. The Morgan fingerprint density at radius 2 is 2.38 bits per heavy atom. The maximum atomic E-state index is 5.87. The van der Waals surface area contributed by atoms with Crippen LogP contribution < -0.4 is 11.2 Å². The number of nitrogens with two attached hydrogens (primary N) is 1. The summed E-state index contributed by atoms with van der Waals surface area (Å²) in [7, 11) is 0. The van der Waals surface area contributed by atoms with Gasteiger partial charge >= 0.3 is 0 Å². The number of nitrogens with one attached hydrogen (secondary N) is 1. The van der Waals surface area contributed by atoms with Crippen LogP contribution in [0.1, 0.15) is 18.0 Å². The first-order valence-electron chi connectivity index (χ1n) is 4.09. The molecule has 0 fully saturated rings. The zero-order valence-electron chi connectivity index (χ0n) is 7.00. The third-order valence-corrected chi connectivity index (χ3v) is 2.32. The summed E-state index contributed by atoms with van der Waals surface area (Å²) in [5.74, 6) is 0. The van der Waals surface area contributed by atoms with E-state index in [0.29, 0.717) is 5.02 Å². The van der Waals surface area contributed by atoms with Gasteiger partial charge in [0, 0.05) is 28.9 Å². The van der Waals surface area contributed by atoms with Gasteiger partial charge in [-0.25, -0.2) is 0 Å². The first kappa shape index (κ1) is 8.38. The Labute approximate surface area is 81.6 Å². The minimum atomic E-state index is 0.179. The van der Waals surface area contributed by atoms with Crippen LogP contribution in [0.25, 0.3) is 0 Å². The van der Waals surface area contributed by atoms with Gasteiger partial charge in [-0.3, -0.25) is 0 Å². The fraction of sp³-hybridized carbons (Fsp3) is 0.222. The summed E-state index contributed by atoms with van der Waals surface area (Å²) in [5.41, 5.74) is 10.6. The van der Waals surface area contributed by atoms with Crippen molar-refractivity contribution < 1.29 is 0 Å². The first-order chi connectivity index (χ1) is 6.27. The number of hydrogen-bond donors (Lipinski definition) is 2. The molecule has 1 atom stereocenters. The number of hydrazone groups is 1. The molecule has 0 saturated heterocycles. The summed E-state index contributed by atoms with van der Waals surface area (Å²) < 4.78 is 0. The van der Waals surface area contributed by atoms with E-state index in [2.05, 4.69) is 10.5 Å². The SMILES string of the molecule is Nc1ccc(Cl)cc1C1CC=NN1. The van der Waals surface area contributed by atoms with Gasteiger partial charge in [0.05, 0.1) is 6.04 Å². The molecule has 0 aliphatic carbocycles. The Morgan fingerprint density at radius 3 is 3.08 bits per heavy atom. The highest BCUT2D eigenvalue weighted by atomic mass is 35.5. The maximum Gasteiger partial charge on any atom is 0.0759 e. The summed E-state index contributed by atoms with van der Waals surface area (Å²) in [6.07, 6.45) is 2.70. The van der Waals surface area contributed by atoms with Crippen molar-refractivity contribution in [2.24, 2.45) is 5.10 Å². The van der Waals surface area contributed by atoms with Crippen molar-refractivity contribution in [2.75, 3.05) is 5.73 Å². The molecule has 1 aromatic carbocycles. The molecule has 3 N–H and O–H groups in total. The quantitative estimate of drug-likeness (QED) is 0.673. The lowest BCUT2D eigenvalue weighted by Crippen LogP contribution is -2.11. The summed E-state index contributed by atoms with van der Waals surface area (Å²) in [4.78, 5) is 0. The number of nitrogens with zero attached hydrogens (tertiary/aromatic N) is 1. The standard InChI is InChI=1S/C9H10ClN3/c10-6-1-2-8(11)7(5-6)9-3-4-12-13-9/h1-2,4-5,9,13H,3,11H2. The first-order valence-corrected chi connectivity index (χ1v) is 4.47. The molecule has 1 heterocycles. The zero-order chi connectivity index (χ0) is 9.26. The molecule has 68 valence electrons. The minimum Gasteiger partial charge on any atom is -0.398 e. The molecule has 0 radical (unpaired) electrons. The van der Waals surface area contributed by atoms with Crippen LogP contribution in [0.15, 0.2) is 23.3 Å². The second kappa shape index (κ2) is 3.26. The molecule has 0 amide bonds. The van der Waals surface area contributed by atoms with Crippen LogP contribution in [0.3, 0.4) is 0 Å². The van der Waals surface area contributed by atoms with Crippen molar-refractivity contribution in [3.05, 3.63) is 28.8 Å². The van der Waals surface area contributed by atoms with Gasteiger partial charge in [-0.15, -0.1) is 0 Å². The van der Waals surface area contributed by atoms with Crippen LogP contribution in [0.2, 0.25) is 5.02 Å². The van der Waals surface area contributed by atoms with Gasteiger partial charge in [-0.1, -0.05) is 11.6 Å². The highest BCUT2D eigenvalue weighted by Crippen LogP contribution is 2.27. The highest BCUT2D eigenvalue weighted by Gasteiger charge is 2.15. The zero-order valence-corrected chi connectivity index (χ0v) is 7.75. The molecule has 0 bridgehead atoms. The summed E-state index contributed by atoms with van der Waals surface area (Å²) in [6, 6.07) is 5.66. The van der Waals surface area contributed by atoms with E-state index in [1.807, 2.05) is 18.3 Å². The Morgan fingerprint density at radius 1 is 1.54 bits per heavy atom. The predicted molar refractivity (Wildman–Crippen MR) is 54.9 cm³/mol. The van der Waals surface area contributed by atoms with Crippen LogP contribution in [0.4, 0.5) is 5.69 Å². The average Bonchev–Trinajstić information content (AvgIpc) is 2.61. The molecule has 0 aromatic heterocycles. The van der Waals surface area contributed by atoms with E-state index >= 15 is 0 Å². The minimum absolute atomic E-state index is 0.179. The number of benzene rings is 1. The molecule has 13 heavy (non-hydrogen) atoms. The van der Waals surface area contributed by atoms with Gasteiger partial charge in [0.1, 0.15) is 0 Å². The molecule has 0 spiro atoms. The second-order valence-corrected chi connectivity index (χ2v) is 3.44. The number of rotatable bonds is 1. The van der Waals surface area contributed by atoms with E-state index in [9.17, 15) is 0 Å². The van der Waals surface area contributed by atoms with Crippen LogP contribution in [-0.4, -0.2) is 6.21 Å². The number of anilines is 1. The molecular formula is C9H10ClN3. The molecule has 2 rings (SSSR count). The fourth-order valence-electron chi connectivity index (χ4n) is 1.40. The normalized spacial score (nSPS) is 20.2. The van der Waals surface area contributed by atoms with Crippen LogP contribution in [-0.2, 0) is 0 Å². The van der Waals surface area contributed by atoms with Gasteiger partial charge in [0.15, 0.2) is 0 Å². The highest BCUT2D eigenvalue weighted by molar-refractivity contribution is 6.30. The lowest BCUT2D eigenvalue weighted by atomic mass is 10.0. The third-order valence-electron chi connectivity index (χ3n) is 2.09. The second-order valence-electron chi connectivity index (χ2n) is 3.00. The van der Waals surface area contributed by atoms with E-state index < -0.39 is 0 Å². The fourth-order valence-corrected chi connectivity index (χ4v) is 1.58. The van der Waals surface area contributed by atoms with Crippen LogP contribution >= 0.6 is 11.6 Å². The van der Waals surface area contributed by atoms with Gasteiger partial charge in [0.25, 0.3) is 0 Å². The maximum absolute atomic E-state index is 5.87. The van der Waals surface area contributed by atoms with Crippen LogP contribution in [0.5, 0.6) is 0 Å².